The fourth-order valence-electron chi connectivity index (χ4n) is 1.66. The summed E-state index contributed by atoms with van der Waals surface area (Å²) in [5, 5.41) is 19.6. The zero-order chi connectivity index (χ0) is 14.0. The topological polar surface area (TPSA) is 73.8 Å². The van der Waals surface area contributed by atoms with Gasteiger partial charge in [0.1, 0.15) is 5.82 Å². The lowest BCUT2D eigenvalue weighted by atomic mass is 10.2. The summed E-state index contributed by atoms with van der Waals surface area (Å²) in [4.78, 5) is 11.1. The highest BCUT2D eigenvalue weighted by Crippen LogP contribution is 2.28. The summed E-state index contributed by atoms with van der Waals surface area (Å²) in [5.74, 6) is 1.23. The van der Waals surface area contributed by atoms with Crippen LogP contribution in [0.4, 0.5) is 5.69 Å². The Hall–Kier alpha value is -1.89. The zero-order valence-corrected chi connectivity index (χ0v) is 11.7. The lowest BCUT2D eigenvalue weighted by molar-refractivity contribution is -0.384. The smallest absolute Gasteiger partial charge is 0.269 e. The number of non-ortho nitro benzene ring substituents is 1. The number of nitro groups is 1. The predicted octanol–water partition coefficient (Wildman–Crippen LogP) is 3.00. The average Bonchev–Trinajstić information content (AvgIpc) is 2.72. The van der Waals surface area contributed by atoms with Gasteiger partial charge in [-0.05, 0) is 23.9 Å². The SMILES string of the molecule is CC(C)c1nnc(Sc2ccc([N+](=O)[O-])cc2)n1C. The summed E-state index contributed by atoms with van der Waals surface area (Å²) in [6.07, 6.45) is 0. The van der Waals surface area contributed by atoms with Crippen LogP contribution in [0.2, 0.25) is 0 Å². The number of hydrogen-bond donors (Lipinski definition) is 0. The molecule has 0 saturated heterocycles. The van der Waals surface area contributed by atoms with E-state index >= 15 is 0 Å². The molecule has 0 aliphatic rings. The van der Waals surface area contributed by atoms with Gasteiger partial charge in [-0.2, -0.15) is 0 Å². The quantitative estimate of drug-likeness (QED) is 0.635. The van der Waals surface area contributed by atoms with Crippen LogP contribution in [0.25, 0.3) is 0 Å². The van der Waals surface area contributed by atoms with Gasteiger partial charge in [0, 0.05) is 30.0 Å². The van der Waals surface area contributed by atoms with Crippen molar-refractivity contribution in [3.63, 3.8) is 0 Å². The molecule has 1 aromatic carbocycles. The molecule has 1 heterocycles. The Bertz CT molecular complexity index is 592. The fraction of sp³-hybridized carbons (Fsp3) is 0.333. The Morgan fingerprint density at radius 3 is 2.37 bits per heavy atom. The molecule has 0 saturated carbocycles. The van der Waals surface area contributed by atoms with Gasteiger partial charge >= 0.3 is 0 Å². The fourth-order valence-corrected chi connectivity index (χ4v) is 2.45. The van der Waals surface area contributed by atoms with E-state index in [-0.39, 0.29) is 5.69 Å². The highest BCUT2D eigenvalue weighted by molar-refractivity contribution is 7.99. The van der Waals surface area contributed by atoms with E-state index in [0.717, 1.165) is 15.9 Å². The second-order valence-electron chi connectivity index (χ2n) is 4.41. The molecule has 7 heteroatoms. The van der Waals surface area contributed by atoms with Crippen LogP contribution in [0.3, 0.4) is 0 Å². The van der Waals surface area contributed by atoms with E-state index in [1.807, 2.05) is 11.6 Å². The van der Waals surface area contributed by atoms with Crippen LogP contribution >= 0.6 is 11.8 Å². The van der Waals surface area contributed by atoms with Gasteiger partial charge in [-0.1, -0.05) is 13.8 Å². The Morgan fingerprint density at radius 1 is 1.26 bits per heavy atom. The number of hydrogen-bond acceptors (Lipinski definition) is 5. The third-order valence-electron chi connectivity index (χ3n) is 2.64. The molecule has 0 spiro atoms. The summed E-state index contributed by atoms with van der Waals surface area (Å²) in [5.41, 5.74) is 0.0881. The molecule has 19 heavy (non-hydrogen) atoms. The van der Waals surface area contributed by atoms with Crippen molar-refractivity contribution in [2.24, 2.45) is 7.05 Å². The van der Waals surface area contributed by atoms with Crippen molar-refractivity contribution in [2.75, 3.05) is 0 Å². The molecule has 6 nitrogen and oxygen atoms in total. The second kappa shape index (κ2) is 5.40. The molecular weight excluding hydrogens is 264 g/mol. The maximum atomic E-state index is 10.6. The summed E-state index contributed by atoms with van der Waals surface area (Å²) in [6, 6.07) is 6.41. The van der Waals surface area contributed by atoms with Crippen LogP contribution in [0.1, 0.15) is 25.6 Å². The molecule has 0 aliphatic carbocycles. The highest BCUT2D eigenvalue weighted by atomic mass is 32.2. The van der Waals surface area contributed by atoms with Crippen LogP contribution in [0.5, 0.6) is 0 Å². The molecule has 1 aromatic heterocycles. The molecule has 100 valence electrons. The van der Waals surface area contributed by atoms with E-state index in [0.29, 0.717) is 5.92 Å². The van der Waals surface area contributed by atoms with Crippen LogP contribution in [0, 0.1) is 10.1 Å². The molecule has 2 rings (SSSR count). The lowest BCUT2D eigenvalue weighted by Gasteiger charge is -2.05. The van der Waals surface area contributed by atoms with Crippen molar-refractivity contribution >= 4 is 17.4 Å². The van der Waals surface area contributed by atoms with Gasteiger partial charge in [0.25, 0.3) is 5.69 Å². The van der Waals surface area contributed by atoms with Gasteiger partial charge in [-0.25, -0.2) is 0 Å². The van der Waals surface area contributed by atoms with Gasteiger partial charge in [-0.3, -0.25) is 10.1 Å². The number of rotatable bonds is 4. The Labute approximate surface area is 115 Å². The standard InChI is InChI=1S/C12H14N4O2S/c1-8(2)11-13-14-12(15(11)3)19-10-6-4-9(5-7-10)16(17)18/h4-8H,1-3H3. The Morgan fingerprint density at radius 2 is 1.89 bits per heavy atom. The van der Waals surface area contributed by atoms with Gasteiger partial charge in [-0.15, -0.1) is 10.2 Å². The van der Waals surface area contributed by atoms with Gasteiger partial charge in [0.2, 0.25) is 0 Å². The van der Waals surface area contributed by atoms with Crippen molar-refractivity contribution in [3.05, 3.63) is 40.2 Å². The second-order valence-corrected chi connectivity index (χ2v) is 5.45. The molecule has 0 fully saturated rings. The highest BCUT2D eigenvalue weighted by Gasteiger charge is 2.13. The van der Waals surface area contributed by atoms with Crippen molar-refractivity contribution in [3.8, 4) is 0 Å². The van der Waals surface area contributed by atoms with Gasteiger partial charge in [0.05, 0.1) is 4.92 Å². The number of nitro benzene ring substituents is 1. The van der Waals surface area contributed by atoms with E-state index in [1.54, 1.807) is 12.1 Å². The normalized spacial score (nSPS) is 10.9. The van der Waals surface area contributed by atoms with Crippen LogP contribution in [-0.2, 0) is 7.05 Å². The van der Waals surface area contributed by atoms with E-state index in [2.05, 4.69) is 24.0 Å². The monoisotopic (exact) mass is 278 g/mol. The van der Waals surface area contributed by atoms with Crippen LogP contribution in [0.15, 0.2) is 34.3 Å². The van der Waals surface area contributed by atoms with Crippen LogP contribution in [-0.4, -0.2) is 19.7 Å². The summed E-state index contributed by atoms with van der Waals surface area (Å²) in [7, 11) is 1.92. The van der Waals surface area contributed by atoms with E-state index < -0.39 is 4.92 Å². The Balaban J connectivity index is 2.19. The third-order valence-corrected chi connectivity index (χ3v) is 3.69. The molecule has 0 amide bonds. The zero-order valence-electron chi connectivity index (χ0n) is 10.9. The minimum atomic E-state index is -0.409. The molecule has 0 aliphatic heterocycles. The number of aromatic nitrogens is 3. The first-order valence-corrected chi connectivity index (χ1v) is 6.62. The third kappa shape index (κ3) is 2.93. The minimum Gasteiger partial charge on any atom is -0.309 e. The molecule has 0 unspecified atom stereocenters. The first kappa shape index (κ1) is 13.5. The number of nitrogens with zero attached hydrogens (tertiary/aromatic N) is 4. The minimum absolute atomic E-state index is 0.0881. The average molecular weight is 278 g/mol. The first-order chi connectivity index (χ1) is 8.99. The van der Waals surface area contributed by atoms with Crippen molar-refractivity contribution in [1.82, 2.24) is 14.8 Å². The molecule has 0 atom stereocenters. The molecule has 0 bridgehead atoms. The summed E-state index contributed by atoms with van der Waals surface area (Å²) >= 11 is 1.44. The maximum absolute atomic E-state index is 10.6. The van der Waals surface area contributed by atoms with Gasteiger partial charge < -0.3 is 4.57 Å². The van der Waals surface area contributed by atoms with Gasteiger partial charge in [0.15, 0.2) is 5.16 Å². The van der Waals surface area contributed by atoms with Crippen LogP contribution < -0.4 is 0 Å². The van der Waals surface area contributed by atoms with Crippen molar-refractivity contribution in [1.29, 1.82) is 0 Å². The predicted molar refractivity (Wildman–Crippen MR) is 72.3 cm³/mol. The molecule has 2 aromatic rings. The summed E-state index contributed by atoms with van der Waals surface area (Å²) < 4.78 is 1.94. The van der Waals surface area contributed by atoms with E-state index in [1.165, 1.54) is 23.9 Å². The van der Waals surface area contributed by atoms with Crippen molar-refractivity contribution in [2.45, 2.75) is 29.8 Å². The molecule has 0 N–H and O–H groups in total. The maximum Gasteiger partial charge on any atom is 0.269 e. The molecule has 0 radical (unpaired) electrons. The Kier molecular flexibility index (Phi) is 3.84. The summed E-state index contributed by atoms with van der Waals surface area (Å²) in [6.45, 7) is 4.12. The first-order valence-electron chi connectivity index (χ1n) is 5.80. The largest absolute Gasteiger partial charge is 0.309 e. The lowest BCUT2D eigenvalue weighted by Crippen LogP contribution is -2.00. The number of benzene rings is 1. The van der Waals surface area contributed by atoms with Crippen molar-refractivity contribution < 1.29 is 4.92 Å². The van der Waals surface area contributed by atoms with E-state index in [4.69, 9.17) is 0 Å². The molecular formula is C12H14N4O2S. The van der Waals surface area contributed by atoms with E-state index in [9.17, 15) is 10.1 Å².